The van der Waals surface area contributed by atoms with Crippen LogP contribution in [0.4, 0.5) is 10.1 Å². The minimum Gasteiger partial charge on any atom is -0.497 e. The van der Waals surface area contributed by atoms with E-state index in [2.05, 4.69) is 5.32 Å². The van der Waals surface area contributed by atoms with Crippen LogP contribution in [0.3, 0.4) is 0 Å². The van der Waals surface area contributed by atoms with Crippen molar-refractivity contribution in [3.05, 3.63) is 90.2 Å². The van der Waals surface area contributed by atoms with E-state index in [1.54, 1.807) is 37.3 Å². The lowest BCUT2D eigenvalue weighted by atomic mass is 10.1. The summed E-state index contributed by atoms with van der Waals surface area (Å²) in [4.78, 5) is 27.8. The molecule has 2 amide bonds. The number of para-hydroxylation sites is 1. The van der Waals surface area contributed by atoms with Crippen molar-refractivity contribution in [2.45, 2.75) is 37.8 Å². The molecule has 3 rings (SSSR count). The molecule has 10 heteroatoms. The van der Waals surface area contributed by atoms with Crippen LogP contribution in [0, 0.1) is 5.82 Å². The van der Waals surface area contributed by atoms with Crippen molar-refractivity contribution in [1.29, 1.82) is 0 Å². The first-order chi connectivity index (χ1) is 18.2. The predicted molar refractivity (Wildman–Crippen MR) is 144 cm³/mol. The Kier molecular flexibility index (Phi) is 9.84. The van der Waals surface area contributed by atoms with Gasteiger partial charge >= 0.3 is 0 Å². The number of methoxy groups -OCH3 is 1. The van der Waals surface area contributed by atoms with Crippen LogP contribution < -0.4 is 14.4 Å². The van der Waals surface area contributed by atoms with Gasteiger partial charge in [-0.3, -0.25) is 13.9 Å². The summed E-state index contributed by atoms with van der Waals surface area (Å²) in [6.45, 7) is 3.37. The molecule has 0 heterocycles. The number of ether oxygens (including phenoxy) is 1. The summed E-state index contributed by atoms with van der Waals surface area (Å²) in [5.74, 6) is -0.897. The molecule has 3 aromatic carbocycles. The fraction of sp³-hybridized carbons (Fsp3) is 0.286. The highest BCUT2D eigenvalue weighted by atomic mass is 32.2. The fourth-order valence-electron chi connectivity index (χ4n) is 3.76. The zero-order valence-corrected chi connectivity index (χ0v) is 22.4. The SMILES string of the molecule is CCCNC(=O)C(C)N(Cc1ccc(F)cc1)C(=O)CN(c1ccccc1)S(=O)(=O)c1ccc(OC)cc1. The first-order valence-corrected chi connectivity index (χ1v) is 13.6. The Morgan fingerprint density at radius 3 is 2.18 bits per heavy atom. The minimum absolute atomic E-state index is 0.00889. The van der Waals surface area contributed by atoms with Gasteiger partial charge in [-0.05, 0) is 67.4 Å². The molecule has 3 aromatic rings. The molecular weight excluding hydrogens is 509 g/mol. The number of halogens is 1. The Balaban J connectivity index is 1.98. The molecule has 0 saturated carbocycles. The van der Waals surface area contributed by atoms with E-state index in [0.717, 1.165) is 4.31 Å². The predicted octanol–water partition coefficient (Wildman–Crippen LogP) is 3.97. The molecule has 0 aliphatic heterocycles. The van der Waals surface area contributed by atoms with Crippen LogP contribution in [-0.2, 0) is 26.2 Å². The molecule has 1 N–H and O–H groups in total. The second kappa shape index (κ2) is 13.0. The number of hydrogen-bond donors (Lipinski definition) is 1. The third-order valence-electron chi connectivity index (χ3n) is 5.95. The molecule has 202 valence electrons. The summed E-state index contributed by atoms with van der Waals surface area (Å²) in [5, 5.41) is 2.78. The molecule has 1 atom stereocenters. The van der Waals surface area contributed by atoms with Gasteiger partial charge in [0.2, 0.25) is 11.8 Å². The minimum atomic E-state index is -4.17. The molecule has 1 unspecified atom stereocenters. The average molecular weight is 542 g/mol. The molecule has 0 aromatic heterocycles. The Morgan fingerprint density at radius 1 is 0.974 bits per heavy atom. The van der Waals surface area contributed by atoms with Gasteiger partial charge in [0.05, 0.1) is 17.7 Å². The van der Waals surface area contributed by atoms with Crippen molar-refractivity contribution >= 4 is 27.5 Å². The van der Waals surface area contributed by atoms with Crippen molar-refractivity contribution < 1.29 is 27.1 Å². The molecule has 0 saturated heterocycles. The monoisotopic (exact) mass is 541 g/mol. The highest BCUT2D eigenvalue weighted by Crippen LogP contribution is 2.25. The van der Waals surface area contributed by atoms with Crippen LogP contribution in [0.5, 0.6) is 5.75 Å². The number of nitrogens with zero attached hydrogens (tertiary/aromatic N) is 2. The third-order valence-corrected chi connectivity index (χ3v) is 7.74. The highest BCUT2D eigenvalue weighted by Gasteiger charge is 2.32. The molecule has 8 nitrogen and oxygen atoms in total. The standard InChI is InChI=1S/C28H32FN3O5S/c1-4-18-30-28(34)21(2)31(19-22-10-12-23(29)13-11-22)27(33)20-32(24-8-6-5-7-9-24)38(35,36)26-16-14-25(37-3)15-17-26/h5-17,21H,4,18-20H2,1-3H3,(H,30,34). The quantitative estimate of drug-likeness (QED) is 0.374. The lowest BCUT2D eigenvalue weighted by Crippen LogP contribution is -2.51. The van der Waals surface area contributed by atoms with Gasteiger partial charge in [-0.25, -0.2) is 12.8 Å². The normalized spacial score (nSPS) is 11.9. The van der Waals surface area contributed by atoms with Crippen LogP contribution in [0.2, 0.25) is 0 Å². The lowest BCUT2D eigenvalue weighted by Gasteiger charge is -2.32. The van der Waals surface area contributed by atoms with E-state index in [1.165, 1.54) is 60.5 Å². The maximum Gasteiger partial charge on any atom is 0.264 e. The van der Waals surface area contributed by atoms with Gasteiger partial charge in [0, 0.05) is 13.1 Å². The van der Waals surface area contributed by atoms with E-state index < -0.39 is 34.3 Å². The zero-order valence-electron chi connectivity index (χ0n) is 21.6. The summed E-state index contributed by atoms with van der Waals surface area (Å²) in [6, 6.07) is 18.8. The van der Waals surface area contributed by atoms with E-state index in [-0.39, 0.29) is 17.3 Å². The largest absolute Gasteiger partial charge is 0.497 e. The molecule has 0 bridgehead atoms. The Morgan fingerprint density at radius 2 is 1.61 bits per heavy atom. The maximum atomic E-state index is 13.7. The van der Waals surface area contributed by atoms with Crippen LogP contribution in [-0.4, -0.2) is 51.4 Å². The van der Waals surface area contributed by atoms with E-state index in [9.17, 15) is 22.4 Å². The molecule has 0 aliphatic carbocycles. The highest BCUT2D eigenvalue weighted by molar-refractivity contribution is 7.92. The molecule has 0 spiro atoms. The molecule has 0 aliphatic rings. The Labute approximate surface area is 223 Å². The molecule has 0 radical (unpaired) electrons. The number of benzene rings is 3. The zero-order chi connectivity index (χ0) is 27.7. The number of carbonyl (C=O) groups is 2. The second-order valence-electron chi connectivity index (χ2n) is 8.64. The van der Waals surface area contributed by atoms with E-state index in [4.69, 9.17) is 4.74 Å². The van der Waals surface area contributed by atoms with Gasteiger partial charge in [-0.2, -0.15) is 0 Å². The number of sulfonamides is 1. The number of nitrogens with one attached hydrogen (secondary N) is 1. The number of rotatable bonds is 12. The number of amides is 2. The summed E-state index contributed by atoms with van der Waals surface area (Å²) in [7, 11) is -2.69. The molecule has 38 heavy (non-hydrogen) atoms. The first kappa shape index (κ1) is 28.6. The lowest BCUT2D eigenvalue weighted by molar-refractivity contribution is -0.139. The number of hydrogen-bond acceptors (Lipinski definition) is 5. The van der Waals surface area contributed by atoms with Crippen molar-refractivity contribution in [2.75, 3.05) is 24.5 Å². The topological polar surface area (TPSA) is 96.0 Å². The summed E-state index contributed by atoms with van der Waals surface area (Å²) >= 11 is 0. The van der Waals surface area contributed by atoms with Gasteiger partial charge in [-0.15, -0.1) is 0 Å². The average Bonchev–Trinajstić information content (AvgIpc) is 2.94. The first-order valence-electron chi connectivity index (χ1n) is 12.2. The maximum absolute atomic E-state index is 13.7. The smallest absolute Gasteiger partial charge is 0.264 e. The summed E-state index contributed by atoms with van der Waals surface area (Å²) in [6.07, 6.45) is 0.715. The third kappa shape index (κ3) is 7.10. The summed E-state index contributed by atoms with van der Waals surface area (Å²) < 4.78 is 47.1. The number of anilines is 1. The van der Waals surface area contributed by atoms with E-state index in [0.29, 0.717) is 30.0 Å². The van der Waals surface area contributed by atoms with Crippen LogP contribution >= 0.6 is 0 Å². The van der Waals surface area contributed by atoms with E-state index >= 15 is 0 Å². The molecule has 0 fully saturated rings. The van der Waals surface area contributed by atoms with Gasteiger partial charge < -0.3 is 15.0 Å². The van der Waals surface area contributed by atoms with Crippen LogP contribution in [0.1, 0.15) is 25.8 Å². The van der Waals surface area contributed by atoms with Gasteiger partial charge in [0.15, 0.2) is 0 Å². The van der Waals surface area contributed by atoms with Gasteiger partial charge in [-0.1, -0.05) is 37.3 Å². The van der Waals surface area contributed by atoms with Gasteiger partial charge in [0.1, 0.15) is 24.2 Å². The van der Waals surface area contributed by atoms with E-state index in [1.807, 2.05) is 6.92 Å². The second-order valence-corrected chi connectivity index (χ2v) is 10.5. The van der Waals surface area contributed by atoms with Crippen molar-refractivity contribution in [2.24, 2.45) is 0 Å². The summed E-state index contributed by atoms with van der Waals surface area (Å²) in [5.41, 5.74) is 0.889. The number of carbonyl (C=O) groups excluding carboxylic acids is 2. The Bertz CT molecular complexity index is 1320. The van der Waals surface area contributed by atoms with Crippen molar-refractivity contribution in [1.82, 2.24) is 10.2 Å². The van der Waals surface area contributed by atoms with Crippen LogP contribution in [0.25, 0.3) is 0 Å². The molecular formula is C28H32FN3O5S. The van der Waals surface area contributed by atoms with Crippen molar-refractivity contribution in [3.8, 4) is 5.75 Å². The van der Waals surface area contributed by atoms with Gasteiger partial charge in [0.25, 0.3) is 10.0 Å². The van der Waals surface area contributed by atoms with Crippen LogP contribution in [0.15, 0.2) is 83.8 Å². The fourth-order valence-corrected chi connectivity index (χ4v) is 5.18. The Hall–Kier alpha value is -3.92. The van der Waals surface area contributed by atoms with Crippen molar-refractivity contribution in [3.63, 3.8) is 0 Å².